The van der Waals surface area contributed by atoms with E-state index in [1.165, 1.54) is 5.56 Å². The lowest BCUT2D eigenvalue weighted by atomic mass is 9.78. The second kappa shape index (κ2) is 7.44. The number of hydrogen-bond acceptors (Lipinski definition) is 5. The number of nitrogens with one attached hydrogen (secondary N) is 2. The Morgan fingerprint density at radius 3 is 2.62 bits per heavy atom. The minimum Gasteiger partial charge on any atom is -0.307 e. The molecule has 146 valence electrons. The zero-order valence-electron chi connectivity index (χ0n) is 16.5. The van der Waals surface area contributed by atoms with Crippen molar-refractivity contribution in [2.75, 3.05) is 5.43 Å². The molecule has 0 radical (unpaired) electrons. The highest BCUT2D eigenvalue weighted by molar-refractivity contribution is 9.10. The number of carbonyl (C=O) groups is 1. The fourth-order valence-electron chi connectivity index (χ4n) is 3.60. The number of allylic oxidation sites excluding steroid dienone is 1. The number of aryl methyl sites for hydroxylation is 1. The van der Waals surface area contributed by atoms with E-state index in [-0.39, 0.29) is 0 Å². The maximum absolute atomic E-state index is 11.9. The zero-order chi connectivity index (χ0) is 20.6. The number of benzene rings is 2. The molecule has 0 spiro atoms. The van der Waals surface area contributed by atoms with Crippen molar-refractivity contribution in [2.24, 2.45) is 4.99 Å². The quantitative estimate of drug-likeness (QED) is 0.312. The fourth-order valence-corrected chi connectivity index (χ4v) is 4.18. The predicted octanol–water partition coefficient (Wildman–Crippen LogP) is 5.37. The van der Waals surface area contributed by atoms with Crippen LogP contribution >= 0.6 is 15.9 Å². The average molecular weight is 449 g/mol. The number of anilines is 1. The van der Waals surface area contributed by atoms with Crippen molar-refractivity contribution in [2.45, 2.75) is 26.2 Å². The van der Waals surface area contributed by atoms with Crippen LogP contribution in [-0.4, -0.2) is 17.0 Å². The maximum Gasteiger partial charge on any atom is 0.153 e. The number of nitrogens with zero attached hydrogens (tertiary/aromatic N) is 2. The first kappa shape index (κ1) is 19.3. The third kappa shape index (κ3) is 3.44. The minimum atomic E-state index is -0.417. The van der Waals surface area contributed by atoms with Gasteiger partial charge in [0.25, 0.3) is 0 Å². The molecule has 6 heteroatoms. The lowest BCUT2D eigenvalue weighted by Crippen LogP contribution is -2.29. The van der Waals surface area contributed by atoms with Crippen LogP contribution in [-0.2, 0) is 10.2 Å². The lowest BCUT2D eigenvalue weighted by Gasteiger charge is -2.23. The molecule has 1 aliphatic rings. The molecule has 0 amide bonds. The molecule has 0 saturated carbocycles. The molecular formula is C23H21BrN4O. The summed E-state index contributed by atoms with van der Waals surface area (Å²) in [4.78, 5) is 21.0. The van der Waals surface area contributed by atoms with Gasteiger partial charge in [-0.3, -0.25) is 14.8 Å². The Morgan fingerprint density at radius 1 is 1.14 bits per heavy atom. The van der Waals surface area contributed by atoms with E-state index in [4.69, 9.17) is 4.99 Å². The fraction of sp³-hybridized carbons (Fsp3) is 0.174. The highest BCUT2D eigenvalue weighted by Crippen LogP contribution is 2.47. The van der Waals surface area contributed by atoms with Gasteiger partial charge in [0.2, 0.25) is 0 Å². The van der Waals surface area contributed by atoms with Crippen LogP contribution in [0.2, 0.25) is 0 Å². The monoisotopic (exact) mass is 448 g/mol. The maximum atomic E-state index is 11.9. The summed E-state index contributed by atoms with van der Waals surface area (Å²) in [6.07, 6.45) is 6.09. The van der Waals surface area contributed by atoms with Gasteiger partial charge in [0.05, 0.1) is 22.7 Å². The molecule has 1 aromatic heterocycles. The van der Waals surface area contributed by atoms with Crippen LogP contribution in [0.5, 0.6) is 0 Å². The Hall–Kier alpha value is -2.99. The Bertz CT molecular complexity index is 1160. The van der Waals surface area contributed by atoms with Crippen molar-refractivity contribution < 1.29 is 4.79 Å². The lowest BCUT2D eigenvalue weighted by molar-refractivity contribution is -0.104. The number of rotatable bonds is 5. The summed E-state index contributed by atoms with van der Waals surface area (Å²) in [5.41, 5.74) is 11.0. The first-order valence-corrected chi connectivity index (χ1v) is 10.1. The van der Waals surface area contributed by atoms with E-state index in [1.807, 2.05) is 43.5 Å². The van der Waals surface area contributed by atoms with Gasteiger partial charge in [0.15, 0.2) is 6.29 Å². The summed E-state index contributed by atoms with van der Waals surface area (Å²) < 4.78 is 0.994. The molecule has 0 saturated heterocycles. The minimum absolute atomic E-state index is 0.417. The molecule has 2 aromatic carbocycles. The molecule has 0 atom stereocenters. The highest BCUT2D eigenvalue weighted by Gasteiger charge is 2.38. The normalized spacial score (nSPS) is 15.0. The van der Waals surface area contributed by atoms with Gasteiger partial charge in [0.1, 0.15) is 0 Å². The van der Waals surface area contributed by atoms with Crippen molar-refractivity contribution in [3.8, 4) is 0 Å². The van der Waals surface area contributed by atoms with Crippen molar-refractivity contribution in [3.05, 3.63) is 76.2 Å². The number of hydrogen-bond donors (Lipinski definition) is 2. The van der Waals surface area contributed by atoms with Gasteiger partial charge in [-0.2, -0.15) is 0 Å². The van der Waals surface area contributed by atoms with Crippen LogP contribution in [0.3, 0.4) is 0 Å². The second-order valence-electron chi connectivity index (χ2n) is 7.61. The number of aldehydes is 1. The molecule has 2 heterocycles. The molecule has 0 bridgehead atoms. The standard InChI is InChI=1S/C23H21BrN4O/c1-14-4-6-16(7-5-14)28-26-11-15(13-29)22-23(2,3)19-10-20(24)17-8-9-25-12-18(17)21(19)27-22/h4-13,26,28H,1-3H3/b15-11+. The summed E-state index contributed by atoms with van der Waals surface area (Å²) >= 11 is 3.66. The Morgan fingerprint density at radius 2 is 1.90 bits per heavy atom. The average Bonchev–Trinajstić information content (AvgIpc) is 2.98. The molecule has 5 nitrogen and oxygen atoms in total. The van der Waals surface area contributed by atoms with Crippen LogP contribution < -0.4 is 10.9 Å². The van der Waals surface area contributed by atoms with Crippen molar-refractivity contribution in [3.63, 3.8) is 0 Å². The summed E-state index contributed by atoms with van der Waals surface area (Å²) in [6.45, 7) is 6.20. The van der Waals surface area contributed by atoms with Gasteiger partial charge in [0, 0.05) is 39.3 Å². The largest absolute Gasteiger partial charge is 0.307 e. The number of aromatic nitrogens is 1. The van der Waals surface area contributed by atoms with Crippen LogP contribution in [0.15, 0.2) is 70.0 Å². The van der Waals surface area contributed by atoms with E-state index in [0.717, 1.165) is 44.2 Å². The first-order valence-electron chi connectivity index (χ1n) is 9.31. The highest BCUT2D eigenvalue weighted by atomic mass is 79.9. The van der Waals surface area contributed by atoms with Gasteiger partial charge in [-0.15, -0.1) is 0 Å². The van der Waals surface area contributed by atoms with Gasteiger partial charge < -0.3 is 10.9 Å². The van der Waals surface area contributed by atoms with E-state index in [2.05, 4.69) is 51.7 Å². The van der Waals surface area contributed by atoms with Crippen molar-refractivity contribution >= 4 is 50.1 Å². The summed E-state index contributed by atoms with van der Waals surface area (Å²) in [5.74, 6) is 0. The number of pyridine rings is 1. The number of hydrazine groups is 1. The van der Waals surface area contributed by atoms with Crippen LogP contribution in [0.25, 0.3) is 10.8 Å². The Kier molecular flexibility index (Phi) is 4.96. The van der Waals surface area contributed by atoms with Gasteiger partial charge in [-0.1, -0.05) is 47.5 Å². The topological polar surface area (TPSA) is 66.4 Å². The molecule has 4 rings (SSSR count). The van der Waals surface area contributed by atoms with Gasteiger partial charge in [-0.25, -0.2) is 0 Å². The van der Waals surface area contributed by atoms with Crippen molar-refractivity contribution in [1.29, 1.82) is 0 Å². The van der Waals surface area contributed by atoms with E-state index >= 15 is 0 Å². The van der Waals surface area contributed by atoms with Gasteiger partial charge >= 0.3 is 0 Å². The Balaban J connectivity index is 1.69. The van der Waals surface area contributed by atoms with Crippen LogP contribution in [0.4, 0.5) is 11.4 Å². The Labute approximate surface area is 178 Å². The third-order valence-electron chi connectivity index (χ3n) is 5.24. The number of fused-ring (bicyclic) bond motifs is 3. The van der Waals surface area contributed by atoms with E-state index < -0.39 is 5.41 Å². The summed E-state index contributed by atoms with van der Waals surface area (Å²) in [6, 6.07) is 12.0. The molecular weight excluding hydrogens is 428 g/mol. The van der Waals surface area contributed by atoms with Crippen LogP contribution in [0.1, 0.15) is 25.0 Å². The van der Waals surface area contributed by atoms with E-state index in [0.29, 0.717) is 5.57 Å². The number of aliphatic imine (C=N–C) groups is 1. The predicted molar refractivity (Wildman–Crippen MR) is 122 cm³/mol. The molecule has 1 aliphatic heterocycles. The molecule has 29 heavy (non-hydrogen) atoms. The zero-order valence-corrected chi connectivity index (χ0v) is 18.0. The summed E-state index contributed by atoms with van der Waals surface area (Å²) in [7, 11) is 0. The van der Waals surface area contributed by atoms with Crippen molar-refractivity contribution in [1.82, 2.24) is 10.4 Å². The van der Waals surface area contributed by atoms with E-state index in [9.17, 15) is 4.79 Å². The second-order valence-corrected chi connectivity index (χ2v) is 8.47. The number of carbonyl (C=O) groups excluding carboxylic acids is 1. The molecule has 0 fully saturated rings. The number of halogens is 1. The summed E-state index contributed by atoms with van der Waals surface area (Å²) in [5, 5.41) is 2.02. The van der Waals surface area contributed by atoms with Gasteiger partial charge in [-0.05, 0) is 36.8 Å². The van der Waals surface area contributed by atoms with E-state index in [1.54, 1.807) is 12.4 Å². The molecule has 3 aromatic rings. The SMILES string of the molecule is Cc1ccc(NN/C=C(\C=O)C2=Nc3c(cc(Br)c4ccncc34)C2(C)C)cc1. The third-order valence-corrected chi connectivity index (χ3v) is 5.90. The molecule has 0 unspecified atom stereocenters. The molecule has 2 N–H and O–H groups in total. The smallest absolute Gasteiger partial charge is 0.153 e. The first-order chi connectivity index (χ1) is 13.9. The van der Waals surface area contributed by atoms with Crippen LogP contribution in [0, 0.1) is 6.92 Å². The molecule has 0 aliphatic carbocycles.